The van der Waals surface area contributed by atoms with Crippen LogP contribution in [0.1, 0.15) is 24.8 Å². The number of aromatic amines is 1. The van der Waals surface area contributed by atoms with Crippen LogP contribution >= 0.6 is 0 Å². The van der Waals surface area contributed by atoms with Gasteiger partial charge in [-0.3, -0.25) is 14.8 Å². The zero-order chi connectivity index (χ0) is 18.4. The Morgan fingerprint density at radius 1 is 1.33 bits per heavy atom. The van der Waals surface area contributed by atoms with Crippen LogP contribution in [-0.2, 0) is 11.3 Å². The molecule has 5 rings (SSSR count). The number of aliphatic carboxylic acids is 1. The lowest BCUT2D eigenvalue weighted by molar-refractivity contribution is -0.149. The second-order valence-electron chi connectivity index (χ2n) is 7.85. The third-order valence-corrected chi connectivity index (χ3v) is 6.31. The number of benzene rings is 1. The van der Waals surface area contributed by atoms with Crippen molar-refractivity contribution < 1.29 is 19.4 Å². The first-order valence-electron chi connectivity index (χ1n) is 9.54. The number of rotatable bonds is 4. The van der Waals surface area contributed by atoms with Crippen LogP contribution in [0.3, 0.4) is 0 Å². The molecule has 7 nitrogen and oxygen atoms in total. The number of H-pyrrole nitrogens is 1. The summed E-state index contributed by atoms with van der Waals surface area (Å²) in [6.45, 7) is 3.30. The lowest BCUT2D eigenvalue weighted by Crippen LogP contribution is -2.35. The molecule has 3 heterocycles. The molecule has 142 valence electrons. The number of nitrogens with zero attached hydrogens (tertiary/aromatic N) is 2. The van der Waals surface area contributed by atoms with Gasteiger partial charge in [0, 0.05) is 30.8 Å². The van der Waals surface area contributed by atoms with E-state index < -0.39 is 11.4 Å². The fourth-order valence-corrected chi connectivity index (χ4v) is 4.98. The van der Waals surface area contributed by atoms with Gasteiger partial charge in [0.1, 0.15) is 13.2 Å². The van der Waals surface area contributed by atoms with Crippen LogP contribution in [0.2, 0.25) is 0 Å². The largest absolute Gasteiger partial charge is 0.486 e. The fraction of sp³-hybridized carbons (Fsp3) is 0.500. The highest BCUT2D eigenvalue weighted by molar-refractivity contribution is 5.76. The summed E-state index contributed by atoms with van der Waals surface area (Å²) in [5.41, 5.74) is 2.47. The molecule has 1 aromatic heterocycles. The minimum absolute atomic E-state index is 0.264. The first-order chi connectivity index (χ1) is 13.2. The van der Waals surface area contributed by atoms with E-state index in [0.717, 1.165) is 54.1 Å². The number of carboxylic acids is 1. The average molecular weight is 369 g/mol. The number of ether oxygens (including phenoxy) is 2. The van der Waals surface area contributed by atoms with Gasteiger partial charge < -0.3 is 14.6 Å². The van der Waals surface area contributed by atoms with Crippen LogP contribution in [0.15, 0.2) is 24.4 Å². The standard InChI is InChI=1S/C20H23N3O4/c24-19(25)20-5-1-2-15(20)11-23(12-20)10-14-9-21-22-18(14)13-3-4-16-17(8-13)27-7-6-26-16/h3-4,8-9,15H,1-2,5-7,10-12H2,(H,21,22)(H,24,25)/t15-,20+/m0/s1. The molecule has 27 heavy (non-hydrogen) atoms. The monoisotopic (exact) mass is 369 g/mol. The Labute approximate surface area is 157 Å². The predicted octanol–water partition coefficient (Wildman–Crippen LogP) is 2.53. The van der Waals surface area contributed by atoms with E-state index in [0.29, 0.717) is 26.3 Å². The van der Waals surface area contributed by atoms with Gasteiger partial charge in [-0.15, -0.1) is 0 Å². The van der Waals surface area contributed by atoms with E-state index in [2.05, 4.69) is 15.1 Å². The maximum Gasteiger partial charge on any atom is 0.311 e. The summed E-state index contributed by atoms with van der Waals surface area (Å²) in [5.74, 6) is 1.15. The Morgan fingerprint density at radius 3 is 3.00 bits per heavy atom. The number of nitrogens with one attached hydrogen (secondary N) is 1. The molecule has 0 amide bonds. The van der Waals surface area contributed by atoms with E-state index in [1.54, 1.807) is 0 Å². The van der Waals surface area contributed by atoms with Gasteiger partial charge >= 0.3 is 5.97 Å². The van der Waals surface area contributed by atoms with E-state index in [1.165, 1.54) is 0 Å². The van der Waals surface area contributed by atoms with Crippen molar-refractivity contribution in [1.29, 1.82) is 0 Å². The van der Waals surface area contributed by atoms with Gasteiger partial charge in [-0.1, -0.05) is 6.42 Å². The fourth-order valence-electron chi connectivity index (χ4n) is 4.98. The molecule has 2 aliphatic heterocycles. The Hall–Kier alpha value is -2.54. The van der Waals surface area contributed by atoms with Gasteiger partial charge in [0.2, 0.25) is 0 Å². The van der Waals surface area contributed by atoms with Crippen LogP contribution in [0.5, 0.6) is 11.5 Å². The SMILES string of the molecule is O=C(O)[C@@]12CCC[C@H]1CN(Cc1cn[nH]c1-c1ccc3c(c1)OCCO3)C2. The number of fused-ring (bicyclic) bond motifs is 2. The van der Waals surface area contributed by atoms with Gasteiger partial charge in [0.15, 0.2) is 11.5 Å². The molecule has 0 unspecified atom stereocenters. The van der Waals surface area contributed by atoms with Crippen molar-refractivity contribution >= 4 is 5.97 Å². The third-order valence-electron chi connectivity index (χ3n) is 6.31. The summed E-state index contributed by atoms with van der Waals surface area (Å²) < 4.78 is 11.3. The molecule has 1 saturated heterocycles. The number of hydrogen-bond donors (Lipinski definition) is 2. The van der Waals surface area contributed by atoms with E-state index in [9.17, 15) is 9.90 Å². The normalized spacial score (nSPS) is 26.9. The van der Waals surface area contributed by atoms with Crippen LogP contribution in [0.25, 0.3) is 11.3 Å². The van der Waals surface area contributed by atoms with E-state index in [4.69, 9.17) is 9.47 Å². The quantitative estimate of drug-likeness (QED) is 0.861. The number of carboxylic acid groups (broad SMARTS) is 1. The minimum atomic E-state index is -0.633. The molecule has 0 radical (unpaired) electrons. The van der Waals surface area contributed by atoms with Crippen LogP contribution in [-0.4, -0.2) is 52.5 Å². The topological polar surface area (TPSA) is 87.7 Å². The highest BCUT2D eigenvalue weighted by Gasteiger charge is 2.54. The van der Waals surface area contributed by atoms with E-state index in [1.807, 2.05) is 24.4 Å². The summed E-state index contributed by atoms with van der Waals surface area (Å²) in [6, 6.07) is 5.90. The Morgan fingerprint density at radius 2 is 2.19 bits per heavy atom. The Balaban J connectivity index is 1.38. The molecule has 2 aromatic rings. The minimum Gasteiger partial charge on any atom is -0.486 e. The highest BCUT2D eigenvalue weighted by atomic mass is 16.6. The Bertz CT molecular complexity index is 880. The van der Waals surface area contributed by atoms with Crippen molar-refractivity contribution in [1.82, 2.24) is 15.1 Å². The highest BCUT2D eigenvalue weighted by Crippen LogP contribution is 2.49. The molecular formula is C20H23N3O4. The summed E-state index contributed by atoms with van der Waals surface area (Å²) in [6.07, 6.45) is 4.68. The first-order valence-corrected chi connectivity index (χ1v) is 9.54. The molecule has 1 aliphatic carbocycles. The second-order valence-corrected chi connectivity index (χ2v) is 7.85. The van der Waals surface area contributed by atoms with Gasteiger partial charge in [-0.2, -0.15) is 5.10 Å². The van der Waals surface area contributed by atoms with Crippen molar-refractivity contribution in [2.45, 2.75) is 25.8 Å². The van der Waals surface area contributed by atoms with Crippen molar-refractivity contribution in [2.75, 3.05) is 26.3 Å². The zero-order valence-corrected chi connectivity index (χ0v) is 15.1. The molecule has 0 spiro atoms. The van der Waals surface area contributed by atoms with Crippen LogP contribution < -0.4 is 9.47 Å². The molecule has 1 saturated carbocycles. The molecular weight excluding hydrogens is 346 g/mol. The summed E-state index contributed by atoms with van der Waals surface area (Å²) >= 11 is 0. The summed E-state index contributed by atoms with van der Waals surface area (Å²) in [5, 5.41) is 17.1. The lowest BCUT2D eigenvalue weighted by atomic mass is 9.81. The van der Waals surface area contributed by atoms with E-state index >= 15 is 0 Å². The smallest absolute Gasteiger partial charge is 0.311 e. The van der Waals surface area contributed by atoms with Crippen molar-refractivity contribution in [3.05, 3.63) is 30.0 Å². The molecule has 0 bridgehead atoms. The summed E-state index contributed by atoms with van der Waals surface area (Å²) in [7, 11) is 0. The Kier molecular flexibility index (Phi) is 3.86. The number of likely N-dealkylation sites (tertiary alicyclic amines) is 1. The zero-order valence-electron chi connectivity index (χ0n) is 15.1. The number of aromatic nitrogens is 2. The maximum absolute atomic E-state index is 11.9. The molecule has 7 heteroatoms. The molecule has 2 N–H and O–H groups in total. The number of hydrogen-bond acceptors (Lipinski definition) is 5. The van der Waals surface area contributed by atoms with Gasteiger partial charge in [-0.25, -0.2) is 0 Å². The van der Waals surface area contributed by atoms with Gasteiger partial charge in [-0.05, 0) is 37.0 Å². The molecule has 1 aromatic carbocycles. The van der Waals surface area contributed by atoms with Gasteiger partial charge in [0.25, 0.3) is 0 Å². The number of carbonyl (C=O) groups is 1. The molecule has 2 atom stereocenters. The predicted molar refractivity (Wildman–Crippen MR) is 97.7 cm³/mol. The van der Waals surface area contributed by atoms with Crippen molar-refractivity contribution in [3.63, 3.8) is 0 Å². The van der Waals surface area contributed by atoms with Gasteiger partial charge in [0.05, 0.1) is 17.3 Å². The second kappa shape index (κ2) is 6.27. The van der Waals surface area contributed by atoms with E-state index in [-0.39, 0.29) is 5.92 Å². The van der Waals surface area contributed by atoms with Crippen LogP contribution in [0.4, 0.5) is 0 Å². The molecule has 3 aliphatic rings. The summed E-state index contributed by atoms with van der Waals surface area (Å²) in [4.78, 5) is 14.2. The lowest BCUT2D eigenvalue weighted by Gasteiger charge is -2.23. The maximum atomic E-state index is 11.9. The first kappa shape index (κ1) is 16.6. The third kappa shape index (κ3) is 2.68. The van der Waals surface area contributed by atoms with Crippen molar-refractivity contribution in [2.24, 2.45) is 11.3 Å². The molecule has 2 fully saturated rings. The van der Waals surface area contributed by atoms with Crippen LogP contribution in [0, 0.1) is 11.3 Å². The average Bonchev–Trinajstić information content (AvgIpc) is 3.36. The van der Waals surface area contributed by atoms with Crippen molar-refractivity contribution in [3.8, 4) is 22.8 Å².